The highest BCUT2D eigenvalue weighted by Crippen LogP contribution is 2.37. The summed E-state index contributed by atoms with van der Waals surface area (Å²) in [6.45, 7) is 0. The van der Waals surface area contributed by atoms with Crippen LogP contribution in [0.2, 0.25) is 0 Å². The van der Waals surface area contributed by atoms with Crippen LogP contribution in [-0.4, -0.2) is 34.0 Å². The van der Waals surface area contributed by atoms with Gasteiger partial charge in [-0.05, 0) is 30.5 Å². The molecule has 2 aliphatic heterocycles. The molecule has 0 aliphatic carbocycles. The van der Waals surface area contributed by atoms with Gasteiger partial charge in [-0.1, -0.05) is 12.1 Å². The molecule has 136 valence electrons. The van der Waals surface area contributed by atoms with E-state index in [4.69, 9.17) is 4.74 Å². The Labute approximate surface area is 150 Å². The summed E-state index contributed by atoms with van der Waals surface area (Å²) in [5.74, 6) is -0.797. The average molecular weight is 358 g/mol. The van der Waals surface area contributed by atoms with Gasteiger partial charge in [-0.3, -0.25) is 4.79 Å². The average Bonchev–Trinajstić information content (AvgIpc) is 2.89. The van der Waals surface area contributed by atoms with E-state index < -0.39 is 11.6 Å². The monoisotopic (exact) mass is 358 g/mol. The quantitative estimate of drug-likeness (QED) is 0.840. The molecule has 2 bridgehead atoms. The van der Waals surface area contributed by atoms with Crippen molar-refractivity contribution in [2.45, 2.75) is 50.3 Å². The van der Waals surface area contributed by atoms with Crippen molar-refractivity contribution in [3.63, 3.8) is 0 Å². The van der Waals surface area contributed by atoms with Gasteiger partial charge in [0.15, 0.2) is 0 Å². The van der Waals surface area contributed by atoms with Gasteiger partial charge in [0.05, 0.1) is 6.42 Å². The highest BCUT2D eigenvalue weighted by atomic mass is 19.1. The summed E-state index contributed by atoms with van der Waals surface area (Å²) in [7, 11) is 0. The third-order valence-corrected chi connectivity index (χ3v) is 5.26. The lowest BCUT2D eigenvalue weighted by Crippen LogP contribution is -2.49. The summed E-state index contributed by atoms with van der Waals surface area (Å²) in [5, 5.41) is 0. The Morgan fingerprint density at radius 2 is 1.92 bits per heavy atom. The number of carbonyl (C=O) groups excluding carboxylic acids is 1. The molecular formula is C20H20F2N2O2. The number of aromatic nitrogens is 1. The second-order valence-electron chi connectivity index (χ2n) is 6.98. The Kier molecular flexibility index (Phi) is 4.57. The predicted molar refractivity (Wildman–Crippen MR) is 91.6 cm³/mol. The number of hydrogen-bond donors (Lipinski definition) is 0. The lowest BCUT2D eigenvalue weighted by Gasteiger charge is -2.38. The smallest absolute Gasteiger partial charge is 0.227 e. The molecule has 2 fully saturated rings. The number of hydrogen-bond acceptors (Lipinski definition) is 3. The summed E-state index contributed by atoms with van der Waals surface area (Å²) in [6.07, 6.45) is 5.07. The summed E-state index contributed by atoms with van der Waals surface area (Å²) in [6, 6.07) is 9.13. The van der Waals surface area contributed by atoms with Crippen LogP contribution >= 0.6 is 0 Å². The largest absolute Gasteiger partial charge is 0.474 e. The highest BCUT2D eigenvalue weighted by molar-refractivity contribution is 5.80. The Bertz CT molecular complexity index is 786. The normalized spacial score (nSPS) is 24.5. The number of rotatable bonds is 4. The van der Waals surface area contributed by atoms with Crippen molar-refractivity contribution >= 4 is 5.91 Å². The zero-order chi connectivity index (χ0) is 18.1. The maximum Gasteiger partial charge on any atom is 0.227 e. The molecule has 1 amide bonds. The van der Waals surface area contributed by atoms with E-state index in [2.05, 4.69) is 4.98 Å². The molecule has 6 heteroatoms. The lowest BCUT2D eigenvalue weighted by molar-refractivity contribution is -0.136. The number of piperidine rings is 1. The predicted octanol–water partition coefficient (Wildman–Crippen LogP) is 3.50. The van der Waals surface area contributed by atoms with Crippen molar-refractivity contribution in [3.05, 3.63) is 59.8 Å². The number of ether oxygens (including phenoxy) is 1. The van der Waals surface area contributed by atoms with Crippen LogP contribution in [0.15, 0.2) is 42.6 Å². The number of benzene rings is 1. The van der Waals surface area contributed by atoms with E-state index in [0.717, 1.165) is 31.7 Å². The highest BCUT2D eigenvalue weighted by Gasteiger charge is 2.44. The Balaban J connectivity index is 1.42. The third kappa shape index (κ3) is 3.41. The van der Waals surface area contributed by atoms with E-state index in [1.54, 1.807) is 6.20 Å². The fraction of sp³-hybridized carbons (Fsp3) is 0.400. The molecule has 0 radical (unpaired) electrons. The number of pyridine rings is 1. The van der Waals surface area contributed by atoms with Crippen LogP contribution in [0.1, 0.15) is 31.2 Å². The molecule has 0 saturated carbocycles. The first-order valence-electron chi connectivity index (χ1n) is 8.93. The van der Waals surface area contributed by atoms with Gasteiger partial charge in [-0.15, -0.1) is 0 Å². The van der Waals surface area contributed by atoms with E-state index in [1.165, 1.54) is 12.1 Å². The van der Waals surface area contributed by atoms with E-state index in [0.29, 0.717) is 5.88 Å². The first-order chi connectivity index (χ1) is 12.6. The van der Waals surface area contributed by atoms with Crippen molar-refractivity contribution in [1.29, 1.82) is 0 Å². The van der Waals surface area contributed by atoms with Gasteiger partial charge in [0.1, 0.15) is 17.7 Å². The number of amides is 1. The zero-order valence-corrected chi connectivity index (χ0v) is 14.3. The van der Waals surface area contributed by atoms with Crippen LogP contribution in [0.3, 0.4) is 0 Å². The maximum atomic E-state index is 13.9. The summed E-state index contributed by atoms with van der Waals surface area (Å²) >= 11 is 0. The first kappa shape index (κ1) is 16.9. The fourth-order valence-corrected chi connectivity index (χ4v) is 4.14. The van der Waals surface area contributed by atoms with Crippen LogP contribution in [0, 0.1) is 11.6 Å². The van der Waals surface area contributed by atoms with Crippen molar-refractivity contribution in [2.75, 3.05) is 0 Å². The Morgan fingerprint density at radius 1 is 1.15 bits per heavy atom. The van der Waals surface area contributed by atoms with Crippen molar-refractivity contribution in [1.82, 2.24) is 9.88 Å². The van der Waals surface area contributed by atoms with Crippen molar-refractivity contribution < 1.29 is 18.3 Å². The van der Waals surface area contributed by atoms with Crippen LogP contribution in [0.5, 0.6) is 5.88 Å². The SMILES string of the molecule is O=C(Cc1ccc(F)cc1F)N1C2CCC1CC(Oc1ccccn1)C2. The summed E-state index contributed by atoms with van der Waals surface area (Å²) < 4.78 is 32.9. The lowest BCUT2D eigenvalue weighted by atomic mass is 9.98. The molecule has 4 rings (SSSR count). The minimum atomic E-state index is -0.668. The first-order valence-corrected chi connectivity index (χ1v) is 8.93. The van der Waals surface area contributed by atoms with E-state index in [1.807, 2.05) is 23.1 Å². The summed E-state index contributed by atoms with van der Waals surface area (Å²) in [4.78, 5) is 18.8. The van der Waals surface area contributed by atoms with Crippen molar-refractivity contribution in [3.8, 4) is 5.88 Å². The van der Waals surface area contributed by atoms with Crippen LogP contribution in [-0.2, 0) is 11.2 Å². The molecule has 3 heterocycles. The molecule has 2 atom stereocenters. The molecule has 2 unspecified atom stereocenters. The molecule has 0 N–H and O–H groups in total. The van der Waals surface area contributed by atoms with Gasteiger partial charge in [0.2, 0.25) is 11.8 Å². The van der Waals surface area contributed by atoms with E-state index in [9.17, 15) is 13.6 Å². The Morgan fingerprint density at radius 3 is 2.58 bits per heavy atom. The molecule has 4 nitrogen and oxygen atoms in total. The van der Waals surface area contributed by atoms with Gasteiger partial charge in [-0.25, -0.2) is 13.8 Å². The molecule has 2 saturated heterocycles. The molecule has 1 aromatic heterocycles. The second kappa shape index (κ2) is 7.02. The van der Waals surface area contributed by atoms with Gasteiger partial charge in [-0.2, -0.15) is 0 Å². The number of carbonyl (C=O) groups is 1. The zero-order valence-electron chi connectivity index (χ0n) is 14.3. The molecular weight excluding hydrogens is 338 g/mol. The molecule has 26 heavy (non-hydrogen) atoms. The molecule has 0 spiro atoms. The Hall–Kier alpha value is -2.50. The van der Waals surface area contributed by atoms with E-state index >= 15 is 0 Å². The number of halogens is 2. The summed E-state index contributed by atoms with van der Waals surface area (Å²) in [5.41, 5.74) is 0.239. The van der Waals surface area contributed by atoms with E-state index in [-0.39, 0.29) is 36.1 Å². The third-order valence-electron chi connectivity index (χ3n) is 5.26. The number of fused-ring (bicyclic) bond motifs is 2. The molecule has 2 aliphatic rings. The maximum absolute atomic E-state index is 13.9. The van der Waals surface area contributed by atoms with Crippen LogP contribution in [0.25, 0.3) is 0 Å². The van der Waals surface area contributed by atoms with Crippen molar-refractivity contribution in [2.24, 2.45) is 0 Å². The molecule has 2 aromatic rings. The minimum Gasteiger partial charge on any atom is -0.474 e. The van der Waals surface area contributed by atoms with Gasteiger partial charge < -0.3 is 9.64 Å². The minimum absolute atomic E-state index is 0.0361. The van der Waals surface area contributed by atoms with Gasteiger partial charge >= 0.3 is 0 Å². The van der Waals surface area contributed by atoms with Crippen LogP contribution in [0.4, 0.5) is 8.78 Å². The van der Waals surface area contributed by atoms with Gasteiger partial charge in [0.25, 0.3) is 0 Å². The fourth-order valence-electron chi connectivity index (χ4n) is 4.14. The molecule has 1 aromatic carbocycles. The standard InChI is InChI=1S/C20H20F2N2O2/c21-14-5-4-13(18(22)10-14)9-20(25)24-15-6-7-16(24)12-17(11-15)26-19-3-1-2-8-23-19/h1-5,8,10,15-17H,6-7,9,11-12H2. The topological polar surface area (TPSA) is 42.4 Å². The second-order valence-corrected chi connectivity index (χ2v) is 6.98. The van der Waals surface area contributed by atoms with Crippen LogP contribution < -0.4 is 4.74 Å². The van der Waals surface area contributed by atoms with Gasteiger partial charge in [0, 0.05) is 43.3 Å². The number of nitrogens with zero attached hydrogens (tertiary/aromatic N) is 2.